The van der Waals surface area contributed by atoms with Crippen molar-refractivity contribution in [2.24, 2.45) is 5.14 Å². The van der Waals surface area contributed by atoms with Crippen molar-refractivity contribution in [3.8, 4) is 0 Å². The number of nitrogens with two attached hydrogens (primary N) is 1. The van der Waals surface area contributed by atoms with Crippen LogP contribution in [-0.2, 0) is 30.8 Å². The number of aromatic amines is 1. The van der Waals surface area contributed by atoms with Gasteiger partial charge in [-0.15, -0.1) is 0 Å². The summed E-state index contributed by atoms with van der Waals surface area (Å²) in [4.78, 5) is 27.4. The lowest BCUT2D eigenvalue weighted by atomic mass is 10.1. The number of ether oxygens (including phenoxy) is 1. The van der Waals surface area contributed by atoms with E-state index in [9.17, 15) is 18.0 Å². The zero-order chi connectivity index (χ0) is 20.3. The first-order valence-corrected chi connectivity index (χ1v) is 9.97. The highest BCUT2D eigenvalue weighted by atomic mass is 32.2. The molecule has 1 atom stereocenters. The molecule has 0 aliphatic rings. The van der Waals surface area contributed by atoms with Crippen molar-refractivity contribution in [1.82, 2.24) is 4.98 Å². The number of fused-ring (bicyclic) bond motifs is 1. The third kappa shape index (κ3) is 4.56. The van der Waals surface area contributed by atoms with Gasteiger partial charge >= 0.3 is 5.97 Å². The molecule has 9 heteroatoms. The van der Waals surface area contributed by atoms with E-state index in [1.54, 1.807) is 6.20 Å². The Morgan fingerprint density at radius 2 is 1.82 bits per heavy atom. The van der Waals surface area contributed by atoms with Gasteiger partial charge in [-0.05, 0) is 42.8 Å². The number of nitrogens with one attached hydrogen (secondary N) is 2. The molecule has 2 aromatic carbocycles. The van der Waals surface area contributed by atoms with Crippen LogP contribution in [0.3, 0.4) is 0 Å². The number of hydrogen-bond acceptors (Lipinski definition) is 5. The number of anilines is 1. The van der Waals surface area contributed by atoms with Crippen LogP contribution in [0.15, 0.2) is 59.6 Å². The molecule has 8 nitrogen and oxygen atoms in total. The van der Waals surface area contributed by atoms with Crippen molar-refractivity contribution < 1.29 is 22.7 Å². The maximum absolute atomic E-state index is 12.2. The van der Waals surface area contributed by atoms with Crippen molar-refractivity contribution in [3.05, 3.63) is 60.3 Å². The lowest BCUT2D eigenvalue weighted by Gasteiger charge is -2.13. The van der Waals surface area contributed by atoms with E-state index in [-0.39, 0.29) is 11.3 Å². The van der Waals surface area contributed by atoms with E-state index in [1.807, 2.05) is 24.3 Å². The summed E-state index contributed by atoms with van der Waals surface area (Å²) in [7, 11) is -3.81. The Labute approximate surface area is 161 Å². The number of para-hydroxylation sites is 1. The molecule has 4 N–H and O–H groups in total. The molecule has 28 heavy (non-hydrogen) atoms. The number of carbonyl (C=O) groups excluding carboxylic acids is 2. The van der Waals surface area contributed by atoms with E-state index in [1.165, 1.54) is 31.2 Å². The molecule has 1 aromatic heterocycles. The van der Waals surface area contributed by atoms with Crippen molar-refractivity contribution in [1.29, 1.82) is 0 Å². The standard InChI is InChI=1S/C19H19N3O5S/c1-12(19(24)22-14-6-8-15(9-7-14)28(20,25)26)27-18(23)10-13-11-21-17-5-3-2-4-16(13)17/h2-9,11-12,21H,10H2,1H3,(H,22,24)(H2,20,25,26)/t12-/m1/s1. The molecule has 0 saturated heterocycles. The quantitative estimate of drug-likeness (QED) is 0.543. The molecular weight excluding hydrogens is 382 g/mol. The molecule has 0 saturated carbocycles. The van der Waals surface area contributed by atoms with Crippen LogP contribution in [-0.4, -0.2) is 31.4 Å². The van der Waals surface area contributed by atoms with Crippen molar-refractivity contribution in [2.45, 2.75) is 24.3 Å². The highest BCUT2D eigenvalue weighted by Crippen LogP contribution is 2.19. The minimum atomic E-state index is -3.81. The van der Waals surface area contributed by atoms with Gasteiger partial charge in [-0.3, -0.25) is 9.59 Å². The Morgan fingerprint density at radius 1 is 1.14 bits per heavy atom. The van der Waals surface area contributed by atoms with Gasteiger partial charge in [-0.25, -0.2) is 13.6 Å². The fraction of sp³-hybridized carbons (Fsp3) is 0.158. The maximum Gasteiger partial charge on any atom is 0.311 e. The number of benzene rings is 2. The summed E-state index contributed by atoms with van der Waals surface area (Å²) < 4.78 is 27.7. The SMILES string of the molecule is C[C@@H](OC(=O)Cc1c[nH]c2ccccc12)C(=O)Nc1ccc(S(N)(=O)=O)cc1. The third-order valence-electron chi connectivity index (χ3n) is 4.14. The average molecular weight is 401 g/mol. The number of amides is 1. The van der Waals surface area contributed by atoms with Crippen LogP contribution in [0.25, 0.3) is 10.9 Å². The van der Waals surface area contributed by atoms with E-state index in [2.05, 4.69) is 10.3 Å². The lowest BCUT2D eigenvalue weighted by Crippen LogP contribution is -2.30. The second-order valence-electron chi connectivity index (χ2n) is 6.23. The zero-order valence-corrected chi connectivity index (χ0v) is 15.8. The van der Waals surface area contributed by atoms with Gasteiger partial charge in [0.15, 0.2) is 6.10 Å². The van der Waals surface area contributed by atoms with Crippen LogP contribution in [0, 0.1) is 0 Å². The fourth-order valence-electron chi connectivity index (χ4n) is 2.70. The molecule has 3 rings (SSSR count). The molecule has 0 aliphatic carbocycles. The van der Waals surface area contributed by atoms with Gasteiger partial charge in [0.25, 0.3) is 5.91 Å². The number of primary sulfonamides is 1. The van der Waals surface area contributed by atoms with Gasteiger partial charge in [-0.2, -0.15) is 0 Å². The number of sulfonamides is 1. The first kappa shape index (κ1) is 19.6. The fourth-order valence-corrected chi connectivity index (χ4v) is 3.21. The first-order chi connectivity index (χ1) is 13.2. The maximum atomic E-state index is 12.2. The molecule has 0 bridgehead atoms. The molecule has 1 amide bonds. The molecule has 0 unspecified atom stereocenters. The summed E-state index contributed by atoms with van der Waals surface area (Å²) in [6, 6.07) is 12.9. The Balaban J connectivity index is 1.58. The number of hydrogen-bond donors (Lipinski definition) is 3. The number of esters is 1. The Morgan fingerprint density at radius 3 is 2.50 bits per heavy atom. The summed E-state index contributed by atoms with van der Waals surface area (Å²) in [6.45, 7) is 1.46. The first-order valence-electron chi connectivity index (χ1n) is 8.42. The predicted octanol–water partition coefficient (Wildman–Crippen LogP) is 1.93. The minimum Gasteiger partial charge on any atom is -0.452 e. The normalized spacial score (nSPS) is 12.5. The van der Waals surface area contributed by atoms with Crippen LogP contribution >= 0.6 is 0 Å². The molecule has 0 aliphatic heterocycles. The van der Waals surface area contributed by atoms with Crippen LogP contribution < -0.4 is 10.5 Å². The monoisotopic (exact) mass is 401 g/mol. The van der Waals surface area contributed by atoms with Crippen LogP contribution in [0.2, 0.25) is 0 Å². The number of H-pyrrole nitrogens is 1. The van der Waals surface area contributed by atoms with Crippen molar-refractivity contribution >= 4 is 38.5 Å². The Kier molecular flexibility index (Phi) is 5.48. The average Bonchev–Trinajstić information content (AvgIpc) is 3.04. The summed E-state index contributed by atoms with van der Waals surface area (Å²) >= 11 is 0. The smallest absolute Gasteiger partial charge is 0.311 e. The van der Waals surface area contributed by atoms with Gasteiger partial charge in [-0.1, -0.05) is 18.2 Å². The highest BCUT2D eigenvalue weighted by Gasteiger charge is 2.19. The predicted molar refractivity (Wildman–Crippen MR) is 104 cm³/mol. The van der Waals surface area contributed by atoms with E-state index in [4.69, 9.17) is 9.88 Å². The number of aromatic nitrogens is 1. The zero-order valence-electron chi connectivity index (χ0n) is 15.0. The van der Waals surface area contributed by atoms with Gasteiger partial charge in [0.2, 0.25) is 10.0 Å². The molecule has 0 fully saturated rings. The summed E-state index contributed by atoms with van der Waals surface area (Å²) in [5.41, 5.74) is 2.06. The van der Waals surface area contributed by atoms with Crippen LogP contribution in [0.1, 0.15) is 12.5 Å². The summed E-state index contributed by atoms with van der Waals surface area (Å²) in [6.07, 6.45) is 0.754. The van der Waals surface area contributed by atoms with Crippen LogP contribution in [0.5, 0.6) is 0 Å². The van der Waals surface area contributed by atoms with Crippen LogP contribution in [0.4, 0.5) is 5.69 Å². The Bertz CT molecular complexity index is 1120. The molecule has 146 valence electrons. The molecule has 1 heterocycles. The third-order valence-corrected chi connectivity index (χ3v) is 5.07. The van der Waals surface area contributed by atoms with Crippen molar-refractivity contribution in [3.63, 3.8) is 0 Å². The molecule has 3 aromatic rings. The molecule has 0 spiro atoms. The van der Waals surface area contributed by atoms with Gasteiger partial charge in [0.1, 0.15) is 0 Å². The Hall–Kier alpha value is -3.17. The van der Waals surface area contributed by atoms with E-state index in [0.717, 1.165) is 16.5 Å². The van der Waals surface area contributed by atoms with Gasteiger partial charge in [0, 0.05) is 22.8 Å². The number of rotatable bonds is 6. The second kappa shape index (κ2) is 7.83. The van der Waals surface area contributed by atoms with Gasteiger partial charge < -0.3 is 15.0 Å². The summed E-state index contributed by atoms with van der Waals surface area (Å²) in [5, 5.41) is 8.51. The molecule has 0 radical (unpaired) electrons. The van der Waals surface area contributed by atoms with Crippen molar-refractivity contribution in [2.75, 3.05) is 5.32 Å². The summed E-state index contributed by atoms with van der Waals surface area (Å²) in [5.74, 6) is -1.06. The largest absolute Gasteiger partial charge is 0.452 e. The topological polar surface area (TPSA) is 131 Å². The highest BCUT2D eigenvalue weighted by molar-refractivity contribution is 7.89. The molecular formula is C19H19N3O5S. The van der Waals surface area contributed by atoms with E-state index < -0.39 is 28.0 Å². The second-order valence-corrected chi connectivity index (χ2v) is 7.79. The van der Waals surface area contributed by atoms with E-state index >= 15 is 0 Å². The van der Waals surface area contributed by atoms with E-state index in [0.29, 0.717) is 5.69 Å². The number of carbonyl (C=O) groups is 2. The lowest BCUT2D eigenvalue weighted by molar-refractivity contribution is -0.152. The van der Waals surface area contributed by atoms with Gasteiger partial charge in [0.05, 0.1) is 11.3 Å². The minimum absolute atomic E-state index is 0.0324.